The van der Waals surface area contributed by atoms with Crippen molar-refractivity contribution in [2.75, 3.05) is 5.32 Å². The van der Waals surface area contributed by atoms with Crippen molar-refractivity contribution in [3.05, 3.63) is 101 Å². The average Bonchev–Trinajstić information content (AvgIpc) is 2.66. The number of para-hydroxylation sites is 1. The fraction of sp³-hybridized carbons (Fsp3) is 0.0455. The minimum absolute atomic E-state index is 0.0331. The van der Waals surface area contributed by atoms with Crippen LogP contribution in [0, 0.1) is 0 Å². The molecule has 0 heterocycles. The molecule has 0 spiro atoms. The zero-order chi connectivity index (χ0) is 18.4. The minimum atomic E-state index is -0.0331. The Bertz CT molecular complexity index is 918. The first-order chi connectivity index (χ1) is 12.6. The molecule has 3 rings (SSSR count). The Kier molecular flexibility index (Phi) is 5.72. The van der Waals surface area contributed by atoms with Crippen LogP contribution in [0.3, 0.4) is 0 Å². The lowest BCUT2D eigenvalue weighted by atomic mass is 10.1. The molecule has 0 unspecified atom stereocenters. The van der Waals surface area contributed by atoms with Crippen LogP contribution in [0.4, 0.5) is 5.69 Å². The number of hydrogen-bond donors (Lipinski definition) is 1. The van der Waals surface area contributed by atoms with E-state index in [9.17, 15) is 4.79 Å². The van der Waals surface area contributed by atoms with Crippen LogP contribution in [0.25, 0.3) is 0 Å². The standard InChI is InChI=1S/C22H18ClNO2/c1-16(15-21(25)17-7-3-2-4-8-17)24-18-11-13-19(14-12-18)26-22-10-6-5-9-20(22)23/h2-15,24H,1H3/b16-15-. The van der Waals surface area contributed by atoms with Crippen LogP contribution in [0.15, 0.2) is 90.6 Å². The fourth-order valence-electron chi connectivity index (χ4n) is 2.41. The molecule has 26 heavy (non-hydrogen) atoms. The second-order valence-corrected chi connectivity index (χ2v) is 6.15. The minimum Gasteiger partial charge on any atom is -0.456 e. The third-order valence-electron chi connectivity index (χ3n) is 3.67. The number of hydrogen-bond acceptors (Lipinski definition) is 3. The van der Waals surface area contributed by atoms with E-state index in [0.717, 1.165) is 11.4 Å². The van der Waals surface area contributed by atoms with Gasteiger partial charge in [-0.1, -0.05) is 54.1 Å². The van der Waals surface area contributed by atoms with Crippen LogP contribution < -0.4 is 10.1 Å². The number of benzene rings is 3. The molecule has 0 amide bonds. The van der Waals surface area contributed by atoms with Crippen molar-refractivity contribution in [2.24, 2.45) is 0 Å². The van der Waals surface area contributed by atoms with Gasteiger partial charge in [-0.15, -0.1) is 0 Å². The second kappa shape index (κ2) is 8.37. The highest BCUT2D eigenvalue weighted by molar-refractivity contribution is 6.32. The molecule has 1 N–H and O–H groups in total. The number of anilines is 1. The molecular formula is C22H18ClNO2. The maximum absolute atomic E-state index is 12.2. The van der Waals surface area contributed by atoms with Gasteiger partial charge in [-0.2, -0.15) is 0 Å². The molecule has 0 aliphatic heterocycles. The van der Waals surface area contributed by atoms with E-state index in [1.807, 2.05) is 67.6 Å². The molecule has 0 aliphatic carbocycles. The Morgan fingerprint density at radius 1 is 0.923 bits per heavy atom. The summed E-state index contributed by atoms with van der Waals surface area (Å²) in [5.74, 6) is 1.26. The molecule has 0 fully saturated rings. The van der Waals surface area contributed by atoms with Crippen LogP contribution in [-0.2, 0) is 0 Å². The van der Waals surface area contributed by atoms with Crippen LogP contribution >= 0.6 is 11.6 Å². The van der Waals surface area contributed by atoms with Crippen molar-refractivity contribution >= 4 is 23.1 Å². The van der Waals surface area contributed by atoms with E-state index < -0.39 is 0 Å². The predicted molar refractivity (Wildman–Crippen MR) is 106 cm³/mol. The normalized spacial score (nSPS) is 11.1. The predicted octanol–water partition coefficient (Wildman–Crippen LogP) is 6.33. The van der Waals surface area contributed by atoms with Gasteiger partial charge in [0.25, 0.3) is 0 Å². The van der Waals surface area contributed by atoms with Gasteiger partial charge in [-0.05, 0) is 43.3 Å². The van der Waals surface area contributed by atoms with Gasteiger partial charge in [0.2, 0.25) is 0 Å². The number of carbonyl (C=O) groups is 1. The van der Waals surface area contributed by atoms with Crippen LogP contribution in [0.2, 0.25) is 5.02 Å². The molecule has 3 aromatic rings. The van der Waals surface area contributed by atoms with E-state index in [1.165, 1.54) is 0 Å². The summed E-state index contributed by atoms with van der Waals surface area (Å²) < 4.78 is 5.76. The van der Waals surface area contributed by atoms with E-state index in [2.05, 4.69) is 5.32 Å². The van der Waals surface area contributed by atoms with Gasteiger partial charge in [0.1, 0.15) is 11.5 Å². The van der Waals surface area contributed by atoms with Crippen molar-refractivity contribution < 1.29 is 9.53 Å². The summed E-state index contributed by atoms with van der Waals surface area (Å²) in [6.45, 7) is 1.86. The van der Waals surface area contributed by atoms with E-state index in [-0.39, 0.29) is 5.78 Å². The summed E-state index contributed by atoms with van der Waals surface area (Å²) in [7, 11) is 0. The molecule has 0 aromatic heterocycles. The van der Waals surface area contributed by atoms with Crippen LogP contribution in [0.1, 0.15) is 17.3 Å². The highest BCUT2D eigenvalue weighted by Crippen LogP contribution is 2.29. The van der Waals surface area contributed by atoms with Crippen molar-refractivity contribution in [1.29, 1.82) is 0 Å². The van der Waals surface area contributed by atoms with Crippen molar-refractivity contribution in [2.45, 2.75) is 6.92 Å². The zero-order valence-electron chi connectivity index (χ0n) is 14.3. The molecule has 0 atom stereocenters. The largest absolute Gasteiger partial charge is 0.456 e. The number of halogens is 1. The molecule has 0 saturated heterocycles. The van der Waals surface area contributed by atoms with Crippen LogP contribution in [0.5, 0.6) is 11.5 Å². The molecule has 0 bridgehead atoms. The lowest BCUT2D eigenvalue weighted by Gasteiger charge is -2.10. The molecule has 0 radical (unpaired) electrons. The maximum Gasteiger partial charge on any atom is 0.187 e. The molecule has 3 nitrogen and oxygen atoms in total. The summed E-state index contributed by atoms with van der Waals surface area (Å²) in [6, 6.07) is 24.0. The molecule has 3 aromatic carbocycles. The fourth-order valence-corrected chi connectivity index (χ4v) is 2.58. The molecule has 0 saturated carbocycles. The third-order valence-corrected chi connectivity index (χ3v) is 3.98. The van der Waals surface area contributed by atoms with Crippen LogP contribution in [-0.4, -0.2) is 5.78 Å². The first-order valence-corrected chi connectivity index (χ1v) is 8.57. The number of ether oxygens (including phenoxy) is 1. The van der Waals surface area contributed by atoms with Gasteiger partial charge in [0, 0.05) is 23.0 Å². The number of carbonyl (C=O) groups excluding carboxylic acids is 1. The number of rotatable bonds is 6. The lowest BCUT2D eigenvalue weighted by Crippen LogP contribution is -2.01. The summed E-state index contributed by atoms with van der Waals surface area (Å²) in [4.78, 5) is 12.2. The average molecular weight is 364 g/mol. The highest BCUT2D eigenvalue weighted by atomic mass is 35.5. The number of nitrogens with one attached hydrogen (secondary N) is 1. The molecule has 130 valence electrons. The van der Waals surface area contributed by atoms with Crippen molar-refractivity contribution in [3.63, 3.8) is 0 Å². The molecule has 4 heteroatoms. The summed E-state index contributed by atoms with van der Waals surface area (Å²) in [5, 5.41) is 3.77. The topological polar surface area (TPSA) is 38.3 Å². The second-order valence-electron chi connectivity index (χ2n) is 5.74. The van der Waals surface area contributed by atoms with E-state index in [0.29, 0.717) is 22.1 Å². The quantitative estimate of drug-likeness (QED) is 0.410. The maximum atomic E-state index is 12.2. The Hall–Kier alpha value is -3.04. The SMILES string of the molecule is C/C(=C/C(=O)c1ccccc1)Nc1ccc(Oc2ccccc2Cl)cc1. The first kappa shape index (κ1) is 17.8. The van der Waals surface area contributed by atoms with Gasteiger partial charge in [-0.25, -0.2) is 0 Å². The monoisotopic (exact) mass is 363 g/mol. The molecule has 0 aliphatic rings. The van der Waals surface area contributed by atoms with Crippen molar-refractivity contribution in [1.82, 2.24) is 0 Å². The third kappa shape index (κ3) is 4.74. The van der Waals surface area contributed by atoms with E-state index >= 15 is 0 Å². The summed E-state index contributed by atoms with van der Waals surface area (Å²) >= 11 is 6.10. The van der Waals surface area contributed by atoms with Gasteiger partial charge < -0.3 is 10.1 Å². The van der Waals surface area contributed by atoms with Gasteiger partial charge in [0.15, 0.2) is 5.78 Å². The highest BCUT2D eigenvalue weighted by Gasteiger charge is 2.04. The lowest BCUT2D eigenvalue weighted by molar-refractivity contribution is 0.104. The molecular weight excluding hydrogens is 346 g/mol. The van der Waals surface area contributed by atoms with E-state index in [1.54, 1.807) is 24.3 Å². The number of ketones is 1. The summed E-state index contributed by atoms with van der Waals surface area (Å²) in [6.07, 6.45) is 1.59. The smallest absolute Gasteiger partial charge is 0.187 e. The Morgan fingerprint density at radius 2 is 1.58 bits per heavy atom. The first-order valence-electron chi connectivity index (χ1n) is 8.19. The Labute approximate surface area is 157 Å². The Balaban J connectivity index is 1.64. The van der Waals surface area contributed by atoms with Crippen molar-refractivity contribution in [3.8, 4) is 11.5 Å². The van der Waals surface area contributed by atoms with Gasteiger partial charge in [-0.3, -0.25) is 4.79 Å². The van der Waals surface area contributed by atoms with E-state index in [4.69, 9.17) is 16.3 Å². The zero-order valence-corrected chi connectivity index (χ0v) is 15.0. The van der Waals surface area contributed by atoms with Gasteiger partial charge >= 0.3 is 0 Å². The number of allylic oxidation sites excluding steroid dienone is 2. The van der Waals surface area contributed by atoms with Gasteiger partial charge in [0.05, 0.1) is 5.02 Å². The Morgan fingerprint density at radius 3 is 2.27 bits per heavy atom. The summed E-state index contributed by atoms with van der Waals surface area (Å²) in [5.41, 5.74) is 2.29.